The zero-order chi connectivity index (χ0) is 16.6. The Morgan fingerprint density at radius 1 is 1.13 bits per heavy atom. The molecule has 4 nitrogen and oxygen atoms in total. The number of carbonyl (C=O) groups is 1. The van der Waals surface area contributed by atoms with E-state index in [2.05, 4.69) is 4.98 Å². The van der Waals surface area contributed by atoms with E-state index in [1.165, 1.54) is 18.2 Å². The van der Waals surface area contributed by atoms with E-state index in [0.29, 0.717) is 21.9 Å². The van der Waals surface area contributed by atoms with Crippen LogP contribution in [0, 0.1) is 0 Å². The first-order valence-electron chi connectivity index (χ1n) is 6.67. The van der Waals surface area contributed by atoms with E-state index >= 15 is 0 Å². The topological polar surface area (TPSA) is 46.3 Å². The lowest BCUT2D eigenvalue weighted by Gasteiger charge is -2.18. The Balaban J connectivity index is 1.98. The molecule has 0 fully saturated rings. The molecule has 3 rings (SSSR count). The second-order valence-corrected chi connectivity index (χ2v) is 4.90. The summed E-state index contributed by atoms with van der Waals surface area (Å²) in [7, 11) is 1.06. The van der Waals surface area contributed by atoms with E-state index in [1.807, 2.05) is 30.3 Å². The molecule has 1 heterocycles. The molecule has 23 heavy (non-hydrogen) atoms. The maximum absolute atomic E-state index is 12.5. The lowest BCUT2D eigenvalue weighted by atomic mass is 10.2. The van der Waals surface area contributed by atoms with Gasteiger partial charge in [-0.15, -0.1) is 0 Å². The number of hydrogen-bond acceptors (Lipinski definition) is 3. The monoisotopic (exact) mass is 320 g/mol. The van der Waals surface area contributed by atoms with Crippen LogP contribution in [0.1, 0.15) is 0 Å². The van der Waals surface area contributed by atoms with Crippen LogP contribution in [0.3, 0.4) is 0 Å². The van der Waals surface area contributed by atoms with Crippen LogP contribution < -0.4 is 4.90 Å². The quantitative estimate of drug-likeness (QED) is 0.716. The van der Waals surface area contributed by atoms with Gasteiger partial charge in [0, 0.05) is 18.3 Å². The van der Waals surface area contributed by atoms with Gasteiger partial charge in [0.1, 0.15) is 5.52 Å². The highest BCUT2D eigenvalue weighted by molar-refractivity contribution is 5.98. The van der Waals surface area contributed by atoms with E-state index in [9.17, 15) is 18.0 Å². The average molecular weight is 320 g/mol. The molecule has 0 unspecified atom stereocenters. The maximum atomic E-state index is 12.5. The van der Waals surface area contributed by atoms with Gasteiger partial charge in [-0.25, -0.2) is 4.98 Å². The van der Waals surface area contributed by atoms with Crippen molar-refractivity contribution in [2.75, 3.05) is 11.9 Å². The lowest BCUT2D eigenvalue weighted by molar-refractivity contribution is -0.170. The molecule has 3 aromatic rings. The molecule has 0 atom stereocenters. The van der Waals surface area contributed by atoms with Crippen LogP contribution >= 0.6 is 0 Å². The molecule has 1 aromatic heterocycles. The number of amides is 1. The molecule has 0 bridgehead atoms. The highest BCUT2D eigenvalue weighted by Gasteiger charge is 2.41. The van der Waals surface area contributed by atoms with Crippen LogP contribution in [0.2, 0.25) is 0 Å². The minimum atomic E-state index is -4.93. The van der Waals surface area contributed by atoms with Gasteiger partial charge in [0.25, 0.3) is 0 Å². The van der Waals surface area contributed by atoms with Crippen LogP contribution in [0.15, 0.2) is 52.9 Å². The van der Waals surface area contributed by atoms with E-state index in [1.54, 1.807) is 0 Å². The van der Waals surface area contributed by atoms with Gasteiger partial charge in [-0.1, -0.05) is 18.2 Å². The standard InChI is InChI=1S/C16H11F3N2O2/c1-21(15(22)16(17,18)19)11-7-8-13-12(9-11)20-14(23-13)10-5-3-2-4-6-10/h2-9H,1H3. The smallest absolute Gasteiger partial charge is 0.436 e. The van der Waals surface area contributed by atoms with Crippen molar-refractivity contribution in [3.05, 3.63) is 48.5 Å². The Hall–Kier alpha value is -2.83. The number of nitrogens with zero attached hydrogens (tertiary/aromatic N) is 2. The maximum Gasteiger partial charge on any atom is 0.471 e. The van der Waals surface area contributed by atoms with Crippen LogP contribution in [0.5, 0.6) is 0 Å². The number of oxazole rings is 1. The molecule has 0 saturated heterocycles. The molecule has 118 valence electrons. The van der Waals surface area contributed by atoms with Crippen molar-refractivity contribution in [3.8, 4) is 11.5 Å². The number of rotatable bonds is 2. The summed E-state index contributed by atoms with van der Waals surface area (Å²) >= 11 is 0. The van der Waals surface area contributed by atoms with Crippen molar-refractivity contribution in [3.63, 3.8) is 0 Å². The third-order valence-electron chi connectivity index (χ3n) is 3.33. The summed E-state index contributed by atoms with van der Waals surface area (Å²) in [5, 5.41) is 0. The first kappa shape index (κ1) is 15.1. The normalized spacial score (nSPS) is 11.7. The van der Waals surface area contributed by atoms with Crippen LogP contribution in [0.4, 0.5) is 18.9 Å². The molecule has 0 aliphatic heterocycles. The molecule has 0 N–H and O–H groups in total. The third kappa shape index (κ3) is 2.90. The summed E-state index contributed by atoms with van der Waals surface area (Å²) in [5.74, 6) is -1.58. The molecular weight excluding hydrogens is 309 g/mol. The fraction of sp³-hybridized carbons (Fsp3) is 0.125. The number of hydrogen-bond donors (Lipinski definition) is 0. The van der Waals surface area contributed by atoms with Crippen LogP contribution in [-0.2, 0) is 4.79 Å². The second-order valence-electron chi connectivity index (χ2n) is 4.90. The van der Waals surface area contributed by atoms with E-state index < -0.39 is 12.1 Å². The largest absolute Gasteiger partial charge is 0.471 e. The minimum Gasteiger partial charge on any atom is -0.436 e. The summed E-state index contributed by atoms with van der Waals surface area (Å²) in [6.45, 7) is 0. The van der Waals surface area contributed by atoms with Gasteiger partial charge in [-0.05, 0) is 30.3 Å². The average Bonchev–Trinajstić information content (AvgIpc) is 2.96. The van der Waals surface area contributed by atoms with E-state index in [4.69, 9.17) is 4.42 Å². The number of carbonyl (C=O) groups excluding carboxylic acids is 1. The first-order chi connectivity index (χ1) is 10.9. The number of fused-ring (bicyclic) bond motifs is 1. The predicted octanol–water partition coefficient (Wildman–Crippen LogP) is 4.02. The number of aromatic nitrogens is 1. The Bertz CT molecular complexity index is 857. The van der Waals surface area contributed by atoms with Crippen molar-refractivity contribution in [2.24, 2.45) is 0 Å². The Kier molecular flexibility index (Phi) is 3.55. The SMILES string of the molecule is CN(C(=O)C(F)(F)F)c1ccc2oc(-c3ccccc3)nc2c1. The summed E-state index contributed by atoms with van der Waals surface area (Å²) in [6.07, 6.45) is -4.93. The van der Waals surface area contributed by atoms with E-state index in [0.717, 1.165) is 12.6 Å². The summed E-state index contributed by atoms with van der Waals surface area (Å²) in [4.78, 5) is 16.1. The first-order valence-corrected chi connectivity index (χ1v) is 6.67. The highest BCUT2D eigenvalue weighted by atomic mass is 19.4. The van der Waals surface area contributed by atoms with Crippen molar-refractivity contribution >= 4 is 22.7 Å². The molecule has 0 spiro atoms. The van der Waals surface area contributed by atoms with Gasteiger partial charge in [-0.3, -0.25) is 4.79 Å². The Morgan fingerprint density at radius 2 is 1.83 bits per heavy atom. The molecule has 7 heteroatoms. The molecule has 0 radical (unpaired) electrons. The number of benzene rings is 2. The third-order valence-corrected chi connectivity index (χ3v) is 3.33. The van der Waals surface area contributed by atoms with E-state index in [-0.39, 0.29) is 5.69 Å². The minimum absolute atomic E-state index is 0.0905. The van der Waals surface area contributed by atoms with Gasteiger partial charge < -0.3 is 9.32 Å². The molecule has 2 aromatic carbocycles. The number of anilines is 1. The van der Waals surface area contributed by atoms with Crippen molar-refractivity contribution < 1.29 is 22.4 Å². The zero-order valence-corrected chi connectivity index (χ0v) is 12.0. The van der Waals surface area contributed by atoms with Crippen LogP contribution in [0.25, 0.3) is 22.6 Å². The summed E-state index contributed by atoms with van der Waals surface area (Å²) in [5.41, 5.74) is 1.65. The zero-order valence-electron chi connectivity index (χ0n) is 12.0. The van der Waals surface area contributed by atoms with Crippen LogP contribution in [-0.4, -0.2) is 24.1 Å². The van der Waals surface area contributed by atoms with Crippen molar-refractivity contribution in [2.45, 2.75) is 6.18 Å². The van der Waals surface area contributed by atoms with Crippen molar-refractivity contribution in [1.82, 2.24) is 4.98 Å². The molecular formula is C16H11F3N2O2. The van der Waals surface area contributed by atoms with Gasteiger partial charge in [-0.2, -0.15) is 13.2 Å². The highest BCUT2D eigenvalue weighted by Crippen LogP contribution is 2.28. The molecule has 0 aliphatic rings. The predicted molar refractivity (Wildman–Crippen MR) is 78.9 cm³/mol. The van der Waals surface area contributed by atoms with Gasteiger partial charge >= 0.3 is 12.1 Å². The van der Waals surface area contributed by atoms with Gasteiger partial charge in [0.2, 0.25) is 5.89 Å². The molecule has 0 aliphatic carbocycles. The second kappa shape index (κ2) is 5.42. The number of alkyl halides is 3. The summed E-state index contributed by atoms with van der Waals surface area (Å²) < 4.78 is 43.1. The molecule has 1 amide bonds. The van der Waals surface area contributed by atoms with Crippen molar-refractivity contribution in [1.29, 1.82) is 0 Å². The Labute approximate surface area is 129 Å². The Morgan fingerprint density at radius 3 is 2.48 bits per heavy atom. The lowest BCUT2D eigenvalue weighted by Crippen LogP contribution is -2.38. The fourth-order valence-electron chi connectivity index (χ4n) is 2.14. The number of halogens is 3. The molecule has 0 saturated carbocycles. The van der Waals surface area contributed by atoms with Gasteiger partial charge in [0.05, 0.1) is 0 Å². The van der Waals surface area contributed by atoms with Gasteiger partial charge in [0.15, 0.2) is 5.58 Å². The fourth-order valence-corrected chi connectivity index (χ4v) is 2.14. The summed E-state index contributed by atoms with van der Waals surface area (Å²) in [6, 6.07) is 13.4.